The van der Waals surface area contributed by atoms with Crippen molar-refractivity contribution in [1.29, 1.82) is 0 Å². The van der Waals surface area contributed by atoms with Crippen molar-refractivity contribution in [2.75, 3.05) is 5.32 Å². The lowest BCUT2D eigenvalue weighted by atomic mass is 10.1. The molecule has 116 valence electrons. The first-order valence-corrected chi connectivity index (χ1v) is 7.74. The number of carbonyl (C=O) groups is 2. The van der Waals surface area contributed by atoms with Crippen molar-refractivity contribution in [2.24, 2.45) is 0 Å². The van der Waals surface area contributed by atoms with E-state index in [-0.39, 0.29) is 12.0 Å². The second-order valence-corrected chi connectivity index (χ2v) is 6.36. The van der Waals surface area contributed by atoms with E-state index < -0.39 is 5.97 Å². The number of nitrogens with one attached hydrogen (secondary N) is 1. The molecule has 0 radical (unpaired) electrons. The van der Waals surface area contributed by atoms with Crippen molar-refractivity contribution in [3.63, 3.8) is 0 Å². The normalized spacial score (nSPS) is 10.6. The molecule has 2 rings (SSSR count). The molecule has 0 bridgehead atoms. The summed E-state index contributed by atoms with van der Waals surface area (Å²) in [6, 6.07) is 3.36. The summed E-state index contributed by atoms with van der Waals surface area (Å²) in [6.45, 7) is 7.34. The number of carbonyl (C=O) groups excluding carboxylic acids is 2. The highest BCUT2D eigenvalue weighted by molar-refractivity contribution is 7.16. The molecule has 0 saturated heterocycles. The Morgan fingerprint density at radius 1 is 1.32 bits per heavy atom. The van der Waals surface area contributed by atoms with Gasteiger partial charge >= 0.3 is 5.97 Å². The van der Waals surface area contributed by atoms with Gasteiger partial charge < -0.3 is 10.1 Å². The second-order valence-electron chi connectivity index (χ2n) is 5.14. The van der Waals surface area contributed by atoms with E-state index in [0.717, 1.165) is 10.4 Å². The molecule has 0 aliphatic carbocycles. The molecule has 1 amide bonds. The van der Waals surface area contributed by atoms with Crippen LogP contribution in [0.3, 0.4) is 0 Å². The lowest BCUT2D eigenvalue weighted by Crippen LogP contribution is -2.17. The quantitative estimate of drug-likeness (QED) is 0.875. The third-order valence-corrected chi connectivity index (χ3v) is 4.21. The molecule has 0 aliphatic rings. The van der Waals surface area contributed by atoms with Crippen LogP contribution in [0.25, 0.3) is 0 Å². The summed E-state index contributed by atoms with van der Waals surface area (Å²) in [6.07, 6.45) is 2.87. The number of pyridine rings is 1. The highest BCUT2D eigenvalue weighted by Gasteiger charge is 2.23. The van der Waals surface area contributed by atoms with E-state index in [1.54, 1.807) is 32.2 Å². The molecule has 0 saturated carbocycles. The molecule has 1 N–H and O–H groups in total. The van der Waals surface area contributed by atoms with Crippen molar-refractivity contribution in [2.45, 2.75) is 33.8 Å². The Kier molecular flexibility index (Phi) is 4.92. The Morgan fingerprint density at radius 3 is 2.64 bits per heavy atom. The van der Waals surface area contributed by atoms with E-state index in [0.29, 0.717) is 16.1 Å². The molecule has 6 heteroatoms. The molecule has 2 aromatic heterocycles. The van der Waals surface area contributed by atoms with Crippen LogP contribution in [0.2, 0.25) is 0 Å². The number of aryl methyl sites for hydroxylation is 1. The van der Waals surface area contributed by atoms with Crippen molar-refractivity contribution < 1.29 is 14.3 Å². The molecule has 0 spiro atoms. The summed E-state index contributed by atoms with van der Waals surface area (Å²) in [5.74, 6) is -0.716. The first-order chi connectivity index (χ1) is 10.4. The summed E-state index contributed by atoms with van der Waals surface area (Å²) in [7, 11) is 0. The number of anilines is 1. The van der Waals surface area contributed by atoms with E-state index in [2.05, 4.69) is 10.3 Å². The molecule has 0 fully saturated rings. The van der Waals surface area contributed by atoms with Crippen molar-refractivity contribution in [1.82, 2.24) is 4.98 Å². The SMILES string of the molecule is Cc1sc(NC(=O)c2cccnc2)c(C(=O)OC(C)C)c1C. The molecule has 0 unspecified atom stereocenters. The fraction of sp³-hybridized carbons (Fsp3) is 0.312. The van der Waals surface area contributed by atoms with Crippen LogP contribution in [-0.4, -0.2) is 23.0 Å². The second kappa shape index (κ2) is 6.70. The number of thiophene rings is 1. The van der Waals surface area contributed by atoms with Crippen LogP contribution in [-0.2, 0) is 4.74 Å². The van der Waals surface area contributed by atoms with Gasteiger partial charge in [0.25, 0.3) is 5.91 Å². The maximum absolute atomic E-state index is 12.2. The van der Waals surface area contributed by atoms with Gasteiger partial charge in [0.2, 0.25) is 0 Å². The molecular weight excluding hydrogens is 300 g/mol. The van der Waals surface area contributed by atoms with Gasteiger partial charge in [-0.25, -0.2) is 4.79 Å². The Morgan fingerprint density at radius 2 is 2.05 bits per heavy atom. The van der Waals surface area contributed by atoms with Gasteiger partial charge in [-0.1, -0.05) is 0 Å². The number of nitrogens with zero attached hydrogens (tertiary/aromatic N) is 1. The van der Waals surface area contributed by atoms with E-state index >= 15 is 0 Å². The largest absolute Gasteiger partial charge is 0.459 e. The minimum Gasteiger partial charge on any atom is -0.459 e. The number of rotatable bonds is 4. The lowest BCUT2D eigenvalue weighted by molar-refractivity contribution is 0.0379. The molecule has 0 aliphatic heterocycles. The zero-order chi connectivity index (χ0) is 16.3. The van der Waals surface area contributed by atoms with E-state index in [4.69, 9.17) is 4.74 Å². The first kappa shape index (κ1) is 16.2. The number of hydrogen-bond acceptors (Lipinski definition) is 5. The number of ether oxygens (including phenoxy) is 1. The summed E-state index contributed by atoms with van der Waals surface area (Å²) >= 11 is 1.37. The standard InChI is InChI=1S/C16H18N2O3S/c1-9(2)21-16(20)13-10(3)11(4)22-15(13)18-14(19)12-6-5-7-17-8-12/h5-9H,1-4H3,(H,18,19). The van der Waals surface area contributed by atoms with Gasteiger partial charge in [-0.05, 0) is 45.4 Å². The van der Waals surface area contributed by atoms with Crippen LogP contribution in [0.15, 0.2) is 24.5 Å². The number of hydrogen-bond donors (Lipinski definition) is 1. The van der Waals surface area contributed by atoms with Gasteiger partial charge in [0, 0.05) is 17.3 Å². The summed E-state index contributed by atoms with van der Waals surface area (Å²) in [5, 5.41) is 3.29. The summed E-state index contributed by atoms with van der Waals surface area (Å²) < 4.78 is 5.26. The zero-order valence-corrected chi connectivity index (χ0v) is 13.8. The average Bonchev–Trinajstić information content (AvgIpc) is 2.74. The van der Waals surface area contributed by atoms with Gasteiger partial charge in [0.1, 0.15) is 5.00 Å². The zero-order valence-electron chi connectivity index (χ0n) is 13.0. The van der Waals surface area contributed by atoms with Gasteiger partial charge in [-0.3, -0.25) is 9.78 Å². The van der Waals surface area contributed by atoms with Gasteiger partial charge in [-0.2, -0.15) is 0 Å². The molecule has 2 aromatic rings. The maximum atomic E-state index is 12.2. The molecular formula is C16H18N2O3S. The highest BCUT2D eigenvalue weighted by atomic mass is 32.1. The Balaban J connectivity index is 2.30. The highest BCUT2D eigenvalue weighted by Crippen LogP contribution is 2.33. The first-order valence-electron chi connectivity index (χ1n) is 6.92. The average molecular weight is 318 g/mol. The van der Waals surface area contributed by atoms with Crippen LogP contribution in [0.5, 0.6) is 0 Å². The minimum absolute atomic E-state index is 0.214. The number of esters is 1. The third-order valence-electron chi connectivity index (χ3n) is 3.08. The number of aromatic nitrogens is 1. The molecule has 5 nitrogen and oxygen atoms in total. The van der Waals surface area contributed by atoms with Gasteiger partial charge in [0.05, 0.1) is 17.2 Å². The molecule has 0 atom stereocenters. The Bertz CT molecular complexity index is 693. The Hall–Kier alpha value is -2.21. The molecule has 2 heterocycles. The van der Waals surface area contributed by atoms with Crippen molar-refractivity contribution >= 4 is 28.2 Å². The van der Waals surface area contributed by atoms with Crippen molar-refractivity contribution in [3.05, 3.63) is 46.1 Å². The Labute approximate surface area is 133 Å². The van der Waals surface area contributed by atoms with Gasteiger partial charge in [0.15, 0.2) is 0 Å². The number of amides is 1. The molecule has 22 heavy (non-hydrogen) atoms. The minimum atomic E-state index is -0.418. The smallest absolute Gasteiger partial charge is 0.341 e. The van der Waals surface area contributed by atoms with Crippen LogP contribution < -0.4 is 5.32 Å². The van der Waals surface area contributed by atoms with Crippen molar-refractivity contribution in [3.8, 4) is 0 Å². The van der Waals surface area contributed by atoms with E-state index in [1.807, 2.05) is 13.8 Å². The summed E-state index contributed by atoms with van der Waals surface area (Å²) in [5.41, 5.74) is 1.69. The van der Waals surface area contributed by atoms with Crippen LogP contribution in [0.1, 0.15) is 45.0 Å². The third kappa shape index (κ3) is 3.51. The fourth-order valence-electron chi connectivity index (χ4n) is 1.91. The predicted octanol–water partition coefficient (Wildman–Crippen LogP) is 3.58. The van der Waals surface area contributed by atoms with Crippen LogP contribution in [0.4, 0.5) is 5.00 Å². The maximum Gasteiger partial charge on any atom is 0.341 e. The predicted molar refractivity (Wildman–Crippen MR) is 86.5 cm³/mol. The fourth-order valence-corrected chi connectivity index (χ4v) is 2.95. The topological polar surface area (TPSA) is 68.3 Å². The van der Waals surface area contributed by atoms with E-state index in [1.165, 1.54) is 17.5 Å². The van der Waals surface area contributed by atoms with Crippen LogP contribution >= 0.6 is 11.3 Å². The van der Waals surface area contributed by atoms with Gasteiger partial charge in [-0.15, -0.1) is 11.3 Å². The monoisotopic (exact) mass is 318 g/mol. The summed E-state index contributed by atoms with van der Waals surface area (Å²) in [4.78, 5) is 29.4. The van der Waals surface area contributed by atoms with Crippen LogP contribution in [0, 0.1) is 13.8 Å². The lowest BCUT2D eigenvalue weighted by Gasteiger charge is -2.10. The molecule has 0 aromatic carbocycles. The van der Waals surface area contributed by atoms with E-state index in [9.17, 15) is 9.59 Å².